The molecule has 0 saturated carbocycles. The van der Waals surface area contributed by atoms with Gasteiger partial charge in [-0.3, -0.25) is 4.79 Å². The van der Waals surface area contributed by atoms with E-state index in [0.29, 0.717) is 12.3 Å². The summed E-state index contributed by atoms with van der Waals surface area (Å²) in [5.41, 5.74) is 8.60. The van der Waals surface area contributed by atoms with Crippen LogP contribution in [0.4, 0.5) is 0 Å². The fourth-order valence-electron chi connectivity index (χ4n) is 2.65. The van der Waals surface area contributed by atoms with Crippen molar-refractivity contribution in [3.05, 3.63) is 35.4 Å². The molecule has 0 amide bonds. The van der Waals surface area contributed by atoms with Gasteiger partial charge in [-0.25, -0.2) is 0 Å². The van der Waals surface area contributed by atoms with Crippen LogP contribution in [0.3, 0.4) is 0 Å². The number of nitrogens with two attached hydrogens (primary N) is 1. The molecule has 0 spiro atoms. The summed E-state index contributed by atoms with van der Waals surface area (Å²) in [6, 6.07) is 7.95. The number of ether oxygens (including phenoxy) is 1. The second-order valence-corrected chi connectivity index (χ2v) is 4.65. The van der Waals surface area contributed by atoms with Crippen molar-refractivity contribution in [2.75, 3.05) is 7.11 Å². The summed E-state index contributed by atoms with van der Waals surface area (Å²) >= 11 is 0. The van der Waals surface area contributed by atoms with Crippen LogP contribution in [-0.4, -0.2) is 19.1 Å². The maximum Gasteiger partial charge on any atom is 0.322 e. The molecular weight excluding hydrogens is 214 g/mol. The van der Waals surface area contributed by atoms with E-state index in [1.165, 1.54) is 24.7 Å². The van der Waals surface area contributed by atoms with Crippen LogP contribution in [0.5, 0.6) is 0 Å². The van der Waals surface area contributed by atoms with E-state index < -0.39 is 6.04 Å². The molecule has 0 aliphatic heterocycles. The van der Waals surface area contributed by atoms with E-state index in [0.717, 1.165) is 12.8 Å². The highest BCUT2D eigenvalue weighted by atomic mass is 16.5. The number of rotatable bonds is 3. The highest BCUT2D eigenvalue weighted by molar-refractivity contribution is 5.75. The number of hydrogen-bond donors (Lipinski definition) is 1. The highest BCUT2D eigenvalue weighted by Gasteiger charge is 2.25. The summed E-state index contributed by atoms with van der Waals surface area (Å²) in [6.07, 6.45) is 4.11. The molecule has 92 valence electrons. The predicted molar refractivity (Wildman–Crippen MR) is 66.7 cm³/mol. The van der Waals surface area contributed by atoms with Crippen LogP contribution in [0.25, 0.3) is 0 Å². The largest absolute Gasteiger partial charge is 0.468 e. The Morgan fingerprint density at radius 2 is 2.29 bits per heavy atom. The zero-order valence-electron chi connectivity index (χ0n) is 10.2. The highest BCUT2D eigenvalue weighted by Crippen LogP contribution is 2.34. The van der Waals surface area contributed by atoms with Gasteiger partial charge in [-0.05, 0) is 42.7 Å². The number of aryl methyl sites for hydroxylation is 1. The minimum absolute atomic E-state index is 0.312. The summed E-state index contributed by atoms with van der Waals surface area (Å²) in [5, 5.41) is 0. The second-order valence-electron chi connectivity index (χ2n) is 4.65. The van der Waals surface area contributed by atoms with Crippen molar-refractivity contribution in [3.8, 4) is 0 Å². The van der Waals surface area contributed by atoms with Gasteiger partial charge in [0.2, 0.25) is 0 Å². The number of carbonyl (C=O) groups excluding carboxylic acids is 1. The van der Waals surface area contributed by atoms with Crippen LogP contribution < -0.4 is 5.73 Å². The predicted octanol–water partition coefficient (Wildman–Crippen LogP) is 2.00. The first kappa shape index (κ1) is 12.1. The van der Waals surface area contributed by atoms with E-state index in [9.17, 15) is 4.79 Å². The standard InChI is InChI=1S/C14H19NO2/c1-17-14(16)13(15)9-11-7-4-6-10-5-2-3-8-12(10)11/h2-3,5,8,11,13H,4,6-7,9,15H2,1H3/t11-,13+/m1/s1. The van der Waals surface area contributed by atoms with Gasteiger partial charge in [0.1, 0.15) is 6.04 Å². The van der Waals surface area contributed by atoms with Crippen LogP contribution in [0.1, 0.15) is 36.3 Å². The lowest BCUT2D eigenvalue weighted by Crippen LogP contribution is -2.33. The van der Waals surface area contributed by atoms with Crippen molar-refractivity contribution < 1.29 is 9.53 Å². The van der Waals surface area contributed by atoms with Crippen molar-refractivity contribution >= 4 is 5.97 Å². The maximum absolute atomic E-state index is 11.4. The molecule has 2 atom stereocenters. The Labute approximate surface area is 102 Å². The van der Waals surface area contributed by atoms with E-state index in [2.05, 4.69) is 29.0 Å². The summed E-state index contributed by atoms with van der Waals surface area (Å²) in [4.78, 5) is 11.4. The molecule has 0 heterocycles. The molecule has 2 rings (SSSR count). The Morgan fingerprint density at radius 1 is 1.53 bits per heavy atom. The van der Waals surface area contributed by atoms with Crippen LogP contribution in [-0.2, 0) is 16.0 Å². The Morgan fingerprint density at radius 3 is 3.06 bits per heavy atom. The van der Waals surface area contributed by atoms with Gasteiger partial charge in [-0.1, -0.05) is 24.3 Å². The molecule has 0 radical (unpaired) electrons. The molecule has 1 aliphatic rings. The van der Waals surface area contributed by atoms with Crippen LogP contribution >= 0.6 is 0 Å². The van der Waals surface area contributed by atoms with Gasteiger partial charge in [0.05, 0.1) is 7.11 Å². The van der Waals surface area contributed by atoms with E-state index in [1.807, 2.05) is 0 Å². The number of methoxy groups -OCH3 is 1. The zero-order valence-corrected chi connectivity index (χ0v) is 10.2. The third-order valence-electron chi connectivity index (χ3n) is 3.54. The maximum atomic E-state index is 11.4. The van der Waals surface area contributed by atoms with E-state index in [4.69, 9.17) is 5.73 Å². The molecule has 0 unspecified atom stereocenters. The molecular formula is C14H19NO2. The Balaban J connectivity index is 2.11. The quantitative estimate of drug-likeness (QED) is 0.812. The number of hydrogen-bond acceptors (Lipinski definition) is 3. The van der Waals surface area contributed by atoms with Crippen molar-refractivity contribution in [2.24, 2.45) is 5.73 Å². The van der Waals surface area contributed by atoms with Gasteiger partial charge in [0.15, 0.2) is 0 Å². The summed E-state index contributed by atoms with van der Waals surface area (Å²) in [6.45, 7) is 0. The van der Waals surface area contributed by atoms with E-state index >= 15 is 0 Å². The lowest BCUT2D eigenvalue weighted by atomic mass is 9.80. The number of fused-ring (bicyclic) bond motifs is 1. The molecule has 1 aromatic rings. The molecule has 3 nitrogen and oxygen atoms in total. The molecule has 3 heteroatoms. The average molecular weight is 233 g/mol. The van der Waals surface area contributed by atoms with Gasteiger partial charge in [0, 0.05) is 0 Å². The first-order valence-corrected chi connectivity index (χ1v) is 6.13. The van der Waals surface area contributed by atoms with Gasteiger partial charge < -0.3 is 10.5 Å². The lowest BCUT2D eigenvalue weighted by Gasteiger charge is -2.26. The Bertz CT molecular complexity index is 403. The minimum atomic E-state index is -0.504. The smallest absolute Gasteiger partial charge is 0.322 e. The topological polar surface area (TPSA) is 52.3 Å². The van der Waals surface area contributed by atoms with Gasteiger partial charge >= 0.3 is 5.97 Å². The molecule has 0 fully saturated rings. The van der Waals surface area contributed by atoms with Crippen LogP contribution in [0.15, 0.2) is 24.3 Å². The third-order valence-corrected chi connectivity index (χ3v) is 3.54. The lowest BCUT2D eigenvalue weighted by molar-refractivity contribution is -0.142. The molecule has 0 aromatic heterocycles. The fraction of sp³-hybridized carbons (Fsp3) is 0.500. The van der Waals surface area contributed by atoms with Gasteiger partial charge in [-0.15, -0.1) is 0 Å². The van der Waals surface area contributed by atoms with Crippen LogP contribution in [0, 0.1) is 0 Å². The summed E-state index contributed by atoms with van der Waals surface area (Å²) in [5.74, 6) is 0.0853. The summed E-state index contributed by atoms with van der Waals surface area (Å²) in [7, 11) is 1.39. The molecule has 1 aromatic carbocycles. The molecule has 17 heavy (non-hydrogen) atoms. The van der Waals surface area contributed by atoms with Crippen molar-refractivity contribution in [1.82, 2.24) is 0 Å². The van der Waals surface area contributed by atoms with Crippen molar-refractivity contribution in [1.29, 1.82) is 0 Å². The number of esters is 1. The van der Waals surface area contributed by atoms with E-state index in [1.54, 1.807) is 0 Å². The van der Waals surface area contributed by atoms with Crippen molar-refractivity contribution in [3.63, 3.8) is 0 Å². The third kappa shape index (κ3) is 2.67. The summed E-state index contributed by atoms with van der Waals surface area (Å²) < 4.78 is 4.68. The Kier molecular flexibility index (Phi) is 3.79. The van der Waals surface area contributed by atoms with Gasteiger partial charge in [0.25, 0.3) is 0 Å². The number of carbonyl (C=O) groups is 1. The average Bonchev–Trinajstić information content (AvgIpc) is 2.38. The first-order chi connectivity index (χ1) is 8.22. The van der Waals surface area contributed by atoms with Crippen molar-refractivity contribution in [2.45, 2.75) is 37.6 Å². The van der Waals surface area contributed by atoms with Crippen LogP contribution in [0.2, 0.25) is 0 Å². The second kappa shape index (κ2) is 5.32. The van der Waals surface area contributed by atoms with Gasteiger partial charge in [-0.2, -0.15) is 0 Å². The molecule has 2 N–H and O–H groups in total. The first-order valence-electron chi connectivity index (χ1n) is 6.13. The number of benzene rings is 1. The monoisotopic (exact) mass is 233 g/mol. The minimum Gasteiger partial charge on any atom is -0.468 e. The Hall–Kier alpha value is -1.35. The zero-order chi connectivity index (χ0) is 12.3. The van der Waals surface area contributed by atoms with E-state index in [-0.39, 0.29) is 5.97 Å². The fourth-order valence-corrected chi connectivity index (χ4v) is 2.65. The molecule has 0 bridgehead atoms. The normalized spacial score (nSPS) is 20.5. The SMILES string of the molecule is COC(=O)[C@@H](N)C[C@H]1CCCc2ccccc21. The molecule has 0 saturated heterocycles. The molecule has 1 aliphatic carbocycles.